The van der Waals surface area contributed by atoms with Crippen molar-refractivity contribution in [1.29, 1.82) is 0 Å². The summed E-state index contributed by atoms with van der Waals surface area (Å²) >= 11 is 0. The van der Waals surface area contributed by atoms with Gasteiger partial charge in [-0.15, -0.1) is 0 Å². The molecule has 0 spiro atoms. The van der Waals surface area contributed by atoms with Crippen LogP contribution >= 0.6 is 0 Å². The van der Waals surface area contributed by atoms with Crippen LogP contribution in [0.3, 0.4) is 0 Å². The third kappa shape index (κ3) is 4.28. The molecule has 0 radical (unpaired) electrons. The van der Waals surface area contributed by atoms with Gasteiger partial charge < -0.3 is 4.74 Å². The summed E-state index contributed by atoms with van der Waals surface area (Å²) < 4.78 is 32.5. The van der Waals surface area contributed by atoms with Crippen LogP contribution < -0.4 is 9.04 Å². The molecule has 2 aromatic rings. The van der Waals surface area contributed by atoms with Crippen molar-refractivity contribution < 1.29 is 17.9 Å². The number of hydrogen-bond acceptors (Lipinski definition) is 4. The minimum absolute atomic E-state index is 0.113. The number of aryl methyl sites for hydroxylation is 2. The average molecular weight is 400 g/mol. The lowest BCUT2D eigenvalue weighted by atomic mass is 9.95. The van der Waals surface area contributed by atoms with Crippen molar-refractivity contribution in [2.75, 3.05) is 11.4 Å². The van der Waals surface area contributed by atoms with E-state index in [1.807, 2.05) is 19.9 Å². The molecule has 0 N–H and O–H groups in total. The Labute approximate surface area is 166 Å². The van der Waals surface area contributed by atoms with Crippen LogP contribution in [-0.4, -0.2) is 21.4 Å². The Hall–Kier alpha value is -2.60. The largest absolute Gasteiger partial charge is 0.426 e. The zero-order chi connectivity index (χ0) is 20.3. The van der Waals surface area contributed by atoms with Crippen molar-refractivity contribution in [3.05, 3.63) is 65.7 Å². The quantitative estimate of drug-likeness (QED) is 0.425. The number of carbonyl (C=O) groups excluding carboxylic acids is 1. The first-order valence-electron chi connectivity index (χ1n) is 9.32. The molecule has 0 aromatic heterocycles. The van der Waals surface area contributed by atoms with E-state index in [1.165, 1.54) is 11.4 Å². The van der Waals surface area contributed by atoms with Crippen molar-refractivity contribution in [3.8, 4) is 5.75 Å². The van der Waals surface area contributed by atoms with Crippen molar-refractivity contribution >= 4 is 21.7 Å². The molecule has 3 rings (SSSR count). The molecule has 0 heterocycles. The zero-order valence-corrected chi connectivity index (χ0v) is 17.2. The second kappa shape index (κ2) is 8.19. The maximum atomic E-state index is 12.9. The number of carbonyl (C=O) groups is 1. The summed E-state index contributed by atoms with van der Waals surface area (Å²) in [6, 6.07) is 11.6. The molecular weight excluding hydrogens is 374 g/mol. The van der Waals surface area contributed by atoms with E-state index in [4.69, 9.17) is 4.74 Å². The monoisotopic (exact) mass is 399 g/mol. The van der Waals surface area contributed by atoms with E-state index in [1.54, 1.807) is 42.5 Å². The maximum Gasteiger partial charge on any atom is 0.314 e. The maximum absolute atomic E-state index is 12.9. The number of esters is 1. The fourth-order valence-electron chi connectivity index (χ4n) is 3.10. The first kappa shape index (κ1) is 20.1. The Morgan fingerprint density at radius 2 is 1.75 bits per heavy atom. The first-order chi connectivity index (χ1) is 13.3. The fourth-order valence-corrected chi connectivity index (χ4v) is 4.38. The van der Waals surface area contributed by atoms with Crippen molar-refractivity contribution in [3.63, 3.8) is 0 Å². The summed E-state index contributed by atoms with van der Waals surface area (Å²) in [5.41, 5.74) is 2.47. The van der Waals surface area contributed by atoms with Crippen LogP contribution in [0.25, 0.3) is 0 Å². The molecule has 0 bridgehead atoms. The summed E-state index contributed by atoms with van der Waals surface area (Å²) in [5, 5.41) is 0. The Balaban J connectivity index is 1.73. The predicted molar refractivity (Wildman–Crippen MR) is 110 cm³/mol. The lowest BCUT2D eigenvalue weighted by Crippen LogP contribution is -2.26. The summed E-state index contributed by atoms with van der Waals surface area (Å²) in [4.78, 5) is 12.5. The van der Waals surface area contributed by atoms with E-state index >= 15 is 0 Å². The standard InChI is InChI=1S/C22H25NO4S/c1-16-9-14-21(15-17(16)2)28(25,26)23(3)19-10-12-20(13-11-19)27-22(24)18-7-5-4-6-8-18/h4-5,9-15,18H,6-8H2,1-3H3. The Kier molecular flexibility index (Phi) is 5.89. The van der Waals surface area contributed by atoms with Gasteiger partial charge in [0.05, 0.1) is 16.5 Å². The van der Waals surface area contributed by atoms with E-state index in [0.717, 1.165) is 24.0 Å². The first-order valence-corrected chi connectivity index (χ1v) is 10.8. The van der Waals surface area contributed by atoms with Crippen molar-refractivity contribution in [2.45, 2.75) is 38.0 Å². The molecule has 6 heteroatoms. The minimum Gasteiger partial charge on any atom is -0.426 e. The Morgan fingerprint density at radius 3 is 2.36 bits per heavy atom. The summed E-state index contributed by atoms with van der Waals surface area (Å²) in [5.74, 6) is 0.0611. The van der Waals surface area contributed by atoms with E-state index < -0.39 is 10.0 Å². The normalized spacial score (nSPS) is 16.6. The van der Waals surface area contributed by atoms with Crippen LogP contribution in [0, 0.1) is 19.8 Å². The third-order valence-corrected chi connectivity index (χ3v) is 6.94. The molecular formula is C22H25NO4S. The summed E-state index contributed by atoms with van der Waals surface area (Å²) in [7, 11) is -2.15. The van der Waals surface area contributed by atoms with Gasteiger partial charge in [0.2, 0.25) is 0 Å². The smallest absolute Gasteiger partial charge is 0.314 e. The highest BCUT2D eigenvalue weighted by Gasteiger charge is 2.23. The number of rotatable bonds is 5. The van der Waals surface area contributed by atoms with Gasteiger partial charge >= 0.3 is 5.97 Å². The van der Waals surface area contributed by atoms with Gasteiger partial charge in [-0.25, -0.2) is 8.42 Å². The van der Waals surface area contributed by atoms with Gasteiger partial charge in [0.1, 0.15) is 5.75 Å². The molecule has 1 atom stereocenters. The SMILES string of the molecule is Cc1ccc(S(=O)(=O)N(C)c2ccc(OC(=O)C3CC=CCC3)cc2)cc1C. The van der Waals surface area contributed by atoms with E-state index in [-0.39, 0.29) is 16.8 Å². The van der Waals surface area contributed by atoms with Gasteiger partial charge in [-0.1, -0.05) is 18.2 Å². The van der Waals surface area contributed by atoms with E-state index in [2.05, 4.69) is 6.08 Å². The minimum atomic E-state index is -3.67. The molecule has 0 saturated carbocycles. The number of sulfonamides is 1. The van der Waals surface area contributed by atoms with Crippen LogP contribution in [0.4, 0.5) is 5.69 Å². The highest BCUT2D eigenvalue weighted by Crippen LogP contribution is 2.27. The van der Waals surface area contributed by atoms with Gasteiger partial charge in [0.15, 0.2) is 0 Å². The Morgan fingerprint density at radius 1 is 1.04 bits per heavy atom. The Bertz CT molecular complexity index is 994. The van der Waals surface area contributed by atoms with Crippen LogP contribution in [0.1, 0.15) is 30.4 Å². The highest BCUT2D eigenvalue weighted by atomic mass is 32.2. The number of nitrogens with zero attached hydrogens (tertiary/aromatic N) is 1. The summed E-state index contributed by atoms with van der Waals surface area (Å²) in [6.45, 7) is 3.83. The fraction of sp³-hybridized carbons (Fsp3) is 0.318. The van der Waals surface area contributed by atoms with Gasteiger partial charge in [-0.3, -0.25) is 9.10 Å². The van der Waals surface area contributed by atoms with Crippen LogP contribution in [0.15, 0.2) is 59.5 Å². The van der Waals surface area contributed by atoms with Crippen molar-refractivity contribution in [1.82, 2.24) is 0 Å². The zero-order valence-electron chi connectivity index (χ0n) is 16.4. The second-order valence-electron chi connectivity index (χ2n) is 7.11. The molecule has 5 nitrogen and oxygen atoms in total. The molecule has 0 amide bonds. The van der Waals surface area contributed by atoms with Gasteiger partial charge in [-0.05, 0) is 80.6 Å². The predicted octanol–water partition coefficient (Wildman–Crippen LogP) is 4.39. The van der Waals surface area contributed by atoms with E-state index in [9.17, 15) is 13.2 Å². The molecule has 1 aliphatic rings. The molecule has 1 aliphatic carbocycles. The van der Waals surface area contributed by atoms with Gasteiger partial charge in [-0.2, -0.15) is 0 Å². The lowest BCUT2D eigenvalue weighted by molar-refractivity contribution is -0.139. The molecule has 1 unspecified atom stereocenters. The van der Waals surface area contributed by atoms with Crippen LogP contribution in [-0.2, 0) is 14.8 Å². The molecule has 2 aromatic carbocycles. The molecule has 148 valence electrons. The van der Waals surface area contributed by atoms with Crippen LogP contribution in [0.5, 0.6) is 5.75 Å². The topological polar surface area (TPSA) is 63.7 Å². The molecule has 28 heavy (non-hydrogen) atoms. The number of anilines is 1. The number of benzene rings is 2. The highest BCUT2D eigenvalue weighted by molar-refractivity contribution is 7.92. The molecule has 0 aliphatic heterocycles. The van der Waals surface area contributed by atoms with Crippen LogP contribution in [0.2, 0.25) is 0 Å². The van der Waals surface area contributed by atoms with E-state index in [0.29, 0.717) is 17.9 Å². The second-order valence-corrected chi connectivity index (χ2v) is 9.08. The van der Waals surface area contributed by atoms with Gasteiger partial charge in [0, 0.05) is 7.05 Å². The lowest BCUT2D eigenvalue weighted by Gasteiger charge is -2.20. The number of ether oxygens (including phenoxy) is 1. The van der Waals surface area contributed by atoms with Gasteiger partial charge in [0.25, 0.3) is 10.0 Å². The third-order valence-electron chi connectivity index (χ3n) is 5.16. The number of hydrogen-bond donors (Lipinski definition) is 0. The van der Waals surface area contributed by atoms with Crippen molar-refractivity contribution in [2.24, 2.45) is 5.92 Å². The summed E-state index contributed by atoms with van der Waals surface area (Å²) in [6.07, 6.45) is 6.47. The molecule has 0 saturated heterocycles. The number of allylic oxidation sites excluding steroid dienone is 2. The average Bonchev–Trinajstić information content (AvgIpc) is 2.70. The molecule has 0 fully saturated rings.